The van der Waals surface area contributed by atoms with E-state index in [1.165, 1.54) is 12.1 Å². The quantitative estimate of drug-likeness (QED) is 0.801. The molecule has 0 atom stereocenters. The van der Waals surface area contributed by atoms with Gasteiger partial charge >= 0.3 is 0 Å². The van der Waals surface area contributed by atoms with Crippen LogP contribution in [0.4, 0.5) is 10.2 Å². The summed E-state index contributed by atoms with van der Waals surface area (Å²) < 4.78 is 12.7. The first-order chi connectivity index (χ1) is 7.79. The third-order valence-electron chi connectivity index (χ3n) is 2.15. The number of nitrogens with one attached hydrogen (secondary N) is 1. The maximum atomic E-state index is 12.7. The summed E-state index contributed by atoms with van der Waals surface area (Å²) in [4.78, 5) is 14.2. The Bertz CT molecular complexity index is 479. The average molecular weight is 216 g/mol. The summed E-state index contributed by atoms with van der Waals surface area (Å²) in [5.74, 6) is 0.219. The molecule has 0 aliphatic heterocycles. The van der Waals surface area contributed by atoms with Crippen molar-refractivity contribution in [2.75, 3.05) is 5.32 Å². The van der Waals surface area contributed by atoms with Gasteiger partial charge < -0.3 is 5.32 Å². The van der Waals surface area contributed by atoms with Crippen LogP contribution in [0.2, 0.25) is 0 Å². The number of carbonyl (C=O) groups is 1. The summed E-state index contributed by atoms with van der Waals surface area (Å²) in [6.07, 6.45) is 2.19. The first-order valence-electron chi connectivity index (χ1n) is 4.72. The average Bonchev–Trinajstić information content (AvgIpc) is 2.32. The molecule has 2 rings (SSSR count). The SMILES string of the molecule is O=CNc1ccc(-c2ccc(F)cc2)cn1. The highest BCUT2D eigenvalue weighted by molar-refractivity contribution is 5.70. The highest BCUT2D eigenvalue weighted by Crippen LogP contribution is 2.19. The fourth-order valence-corrected chi connectivity index (χ4v) is 1.35. The monoisotopic (exact) mass is 216 g/mol. The molecule has 80 valence electrons. The van der Waals surface area contributed by atoms with Gasteiger partial charge in [-0.1, -0.05) is 12.1 Å². The van der Waals surface area contributed by atoms with E-state index in [1.54, 1.807) is 24.4 Å². The van der Waals surface area contributed by atoms with E-state index in [4.69, 9.17) is 0 Å². The molecule has 0 fully saturated rings. The number of aromatic nitrogens is 1. The summed E-state index contributed by atoms with van der Waals surface area (Å²) in [7, 11) is 0. The lowest BCUT2D eigenvalue weighted by atomic mass is 10.1. The molecule has 1 N–H and O–H groups in total. The van der Waals surface area contributed by atoms with Crippen LogP contribution in [0.25, 0.3) is 11.1 Å². The van der Waals surface area contributed by atoms with Crippen LogP contribution in [0.5, 0.6) is 0 Å². The topological polar surface area (TPSA) is 42.0 Å². The lowest BCUT2D eigenvalue weighted by molar-refractivity contribution is -0.105. The van der Waals surface area contributed by atoms with Gasteiger partial charge in [-0.15, -0.1) is 0 Å². The molecular formula is C12H9FN2O. The highest BCUT2D eigenvalue weighted by atomic mass is 19.1. The second-order valence-electron chi connectivity index (χ2n) is 3.20. The number of pyridine rings is 1. The molecule has 0 aliphatic carbocycles. The van der Waals surface area contributed by atoms with E-state index in [1.807, 2.05) is 6.07 Å². The smallest absolute Gasteiger partial charge is 0.212 e. The number of rotatable bonds is 3. The van der Waals surface area contributed by atoms with Crippen LogP contribution < -0.4 is 5.32 Å². The summed E-state index contributed by atoms with van der Waals surface area (Å²) >= 11 is 0. The lowest BCUT2D eigenvalue weighted by Crippen LogP contribution is -1.95. The standard InChI is InChI=1S/C12H9FN2O/c13-11-4-1-9(2-5-11)10-3-6-12(14-7-10)15-8-16/h1-8H,(H,14,15,16). The first kappa shape index (κ1) is 10.3. The van der Waals surface area contributed by atoms with Gasteiger partial charge in [-0.3, -0.25) is 4.79 Å². The predicted molar refractivity (Wildman–Crippen MR) is 59.3 cm³/mol. The van der Waals surface area contributed by atoms with E-state index < -0.39 is 0 Å². The third kappa shape index (κ3) is 2.23. The van der Waals surface area contributed by atoms with Crippen LogP contribution in [-0.2, 0) is 4.79 Å². The van der Waals surface area contributed by atoms with E-state index in [-0.39, 0.29) is 5.82 Å². The van der Waals surface area contributed by atoms with Gasteiger partial charge in [0.1, 0.15) is 11.6 Å². The predicted octanol–water partition coefficient (Wildman–Crippen LogP) is 2.46. The van der Waals surface area contributed by atoms with Crippen LogP contribution in [-0.4, -0.2) is 11.4 Å². The van der Waals surface area contributed by atoms with Crippen molar-refractivity contribution < 1.29 is 9.18 Å². The molecule has 0 spiro atoms. The summed E-state index contributed by atoms with van der Waals surface area (Å²) in [5, 5.41) is 2.44. The number of hydrogen-bond donors (Lipinski definition) is 1. The third-order valence-corrected chi connectivity index (χ3v) is 2.15. The molecule has 2 aromatic rings. The molecule has 0 saturated carbocycles. The van der Waals surface area contributed by atoms with Crippen molar-refractivity contribution >= 4 is 12.2 Å². The molecule has 1 heterocycles. The van der Waals surface area contributed by atoms with Gasteiger partial charge in [0.25, 0.3) is 0 Å². The zero-order valence-electron chi connectivity index (χ0n) is 8.35. The van der Waals surface area contributed by atoms with E-state index in [0.717, 1.165) is 11.1 Å². The minimum Gasteiger partial charge on any atom is -0.313 e. The van der Waals surface area contributed by atoms with E-state index in [2.05, 4.69) is 10.3 Å². The van der Waals surface area contributed by atoms with Gasteiger partial charge in [0.2, 0.25) is 6.41 Å². The Labute approximate surface area is 92.0 Å². The molecule has 4 heteroatoms. The number of halogens is 1. The Morgan fingerprint density at radius 3 is 2.31 bits per heavy atom. The van der Waals surface area contributed by atoms with Crippen molar-refractivity contribution in [1.29, 1.82) is 0 Å². The normalized spacial score (nSPS) is 9.81. The number of carbonyl (C=O) groups excluding carboxylic acids is 1. The molecule has 0 radical (unpaired) electrons. The summed E-state index contributed by atoms with van der Waals surface area (Å²) in [5.41, 5.74) is 1.75. The van der Waals surface area contributed by atoms with Crippen molar-refractivity contribution in [3.8, 4) is 11.1 Å². The maximum Gasteiger partial charge on any atom is 0.212 e. The largest absolute Gasteiger partial charge is 0.313 e. The van der Waals surface area contributed by atoms with Crippen LogP contribution in [0.1, 0.15) is 0 Å². The van der Waals surface area contributed by atoms with Gasteiger partial charge in [-0.2, -0.15) is 0 Å². The summed E-state index contributed by atoms with van der Waals surface area (Å²) in [6, 6.07) is 9.65. The fourth-order valence-electron chi connectivity index (χ4n) is 1.35. The number of benzene rings is 1. The molecule has 0 bridgehead atoms. The van der Waals surface area contributed by atoms with Gasteiger partial charge in [0, 0.05) is 11.8 Å². The second-order valence-corrected chi connectivity index (χ2v) is 3.20. The maximum absolute atomic E-state index is 12.7. The Morgan fingerprint density at radius 2 is 1.75 bits per heavy atom. The zero-order chi connectivity index (χ0) is 11.4. The van der Waals surface area contributed by atoms with Gasteiger partial charge in [-0.25, -0.2) is 9.37 Å². The number of hydrogen-bond acceptors (Lipinski definition) is 2. The Morgan fingerprint density at radius 1 is 1.06 bits per heavy atom. The highest BCUT2D eigenvalue weighted by Gasteiger charge is 1.99. The fraction of sp³-hybridized carbons (Fsp3) is 0. The molecule has 0 saturated heterocycles. The Balaban J connectivity index is 2.27. The molecule has 0 aliphatic rings. The first-order valence-corrected chi connectivity index (χ1v) is 4.72. The van der Waals surface area contributed by atoms with E-state index in [9.17, 15) is 9.18 Å². The van der Waals surface area contributed by atoms with E-state index in [0.29, 0.717) is 12.2 Å². The zero-order valence-corrected chi connectivity index (χ0v) is 8.35. The van der Waals surface area contributed by atoms with E-state index >= 15 is 0 Å². The molecule has 1 amide bonds. The second kappa shape index (κ2) is 4.53. The van der Waals surface area contributed by atoms with Crippen LogP contribution >= 0.6 is 0 Å². The number of nitrogens with zero attached hydrogens (tertiary/aromatic N) is 1. The van der Waals surface area contributed by atoms with Crippen molar-refractivity contribution in [1.82, 2.24) is 4.98 Å². The minimum atomic E-state index is -0.268. The minimum absolute atomic E-state index is 0.268. The van der Waals surface area contributed by atoms with Crippen LogP contribution in [0.15, 0.2) is 42.6 Å². The van der Waals surface area contributed by atoms with Crippen molar-refractivity contribution in [3.63, 3.8) is 0 Å². The molecule has 0 unspecified atom stereocenters. The molecule has 1 aromatic carbocycles. The number of anilines is 1. The van der Waals surface area contributed by atoms with Crippen LogP contribution in [0, 0.1) is 5.82 Å². The van der Waals surface area contributed by atoms with Crippen molar-refractivity contribution in [2.45, 2.75) is 0 Å². The Hall–Kier alpha value is -2.23. The van der Waals surface area contributed by atoms with Crippen molar-refractivity contribution in [2.24, 2.45) is 0 Å². The van der Waals surface area contributed by atoms with Gasteiger partial charge in [0.05, 0.1) is 0 Å². The van der Waals surface area contributed by atoms with Gasteiger partial charge in [-0.05, 0) is 29.8 Å². The Kier molecular flexibility index (Phi) is 2.91. The molecule has 1 aromatic heterocycles. The summed E-state index contributed by atoms with van der Waals surface area (Å²) in [6.45, 7) is 0. The molecule has 16 heavy (non-hydrogen) atoms. The molecule has 3 nitrogen and oxygen atoms in total. The van der Waals surface area contributed by atoms with Gasteiger partial charge in [0.15, 0.2) is 0 Å². The number of amides is 1. The van der Waals surface area contributed by atoms with Crippen molar-refractivity contribution in [3.05, 3.63) is 48.4 Å². The van der Waals surface area contributed by atoms with Crippen LogP contribution in [0.3, 0.4) is 0 Å². The lowest BCUT2D eigenvalue weighted by Gasteiger charge is -2.02. The molecular weight excluding hydrogens is 207 g/mol.